The van der Waals surface area contributed by atoms with Crippen LogP contribution in [0.2, 0.25) is 0 Å². The van der Waals surface area contributed by atoms with E-state index in [4.69, 9.17) is 0 Å². The van der Waals surface area contributed by atoms with Crippen LogP contribution in [0, 0.1) is 0 Å². The largest absolute Gasteiger partial charge is 0.320 e. The molecule has 0 atom stereocenters. The average molecular weight is 219 g/mol. The monoisotopic (exact) mass is 219 g/mol. The van der Waals surface area contributed by atoms with E-state index in [1.807, 2.05) is 18.4 Å². The summed E-state index contributed by atoms with van der Waals surface area (Å²) in [6, 6.07) is 8.69. The topological polar surface area (TPSA) is 12.0 Å². The van der Waals surface area contributed by atoms with Gasteiger partial charge >= 0.3 is 0 Å². The van der Waals surface area contributed by atoms with Gasteiger partial charge in [0.05, 0.1) is 0 Å². The smallest absolute Gasteiger partial charge is 0.0345 e. The summed E-state index contributed by atoms with van der Waals surface area (Å²) in [6.45, 7) is 1.13. The second-order valence-corrected chi connectivity index (χ2v) is 4.73. The van der Waals surface area contributed by atoms with Crippen molar-refractivity contribution in [2.75, 3.05) is 13.6 Å². The predicted molar refractivity (Wildman–Crippen MR) is 68.7 cm³/mol. The molecule has 0 saturated heterocycles. The van der Waals surface area contributed by atoms with Gasteiger partial charge < -0.3 is 5.32 Å². The number of hydrogen-bond acceptors (Lipinski definition) is 2. The fraction of sp³-hybridized carbons (Fsp3) is 0.385. The predicted octanol–water partition coefficient (Wildman–Crippen LogP) is 3.44. The minimum atomic E-state index is 1.13. The lowest BCUT2D eigenvalue weighted by Crippen LogP contribution is -2.07. The van der Waals surface area contributed by atoms with Crippen LogP contribution in [0.25, 0.3) is 10.1 Å². The van der Waals surface area contributed by atoms with Crippen LogP contribution in [0.3, 0.4) is 0 Å². The second-order valence-electron chi connectivity index (χ2n) is 3.82. The van der Waals surface area contributed by atoms with Crippen molar-refractivity contribution < 1.29 is 0 Å². The molecule has 0 amide bonds. The van der Waals surface area contributed by atoms with Gasteiger partial charge in [-0.1, -0.05) is 18.2 Å². The molecule has 2 aromatic rings. The van der Waals surface area contributed by atoms with Crippen molar-refractivity contribution in [1.29, 1.82) is 0 Å². The Labute approximate surface area is 95.1 Å². The molecule has 15 heavy (non-hydrogen) atoms. The highest BCUT2D eigenvalue weighted by Crippen LogP contribution is 2.26. The minimum absolute atomic E-state index is 1.13. The molecule has 80 valence electrons. The minimum Gasteiger partial charge on any atom is -0.320 e. The van der Waals surface area contributed by atoms with Gasteiger partial charge in [0, 0.05) is 4.70 Å². The molecule has 0 aliphatic rings. The van der Waals surface area contributed by atoms with E-state index >= 15 is 0 Å². The maximum Gasteiger partial charge on any atom is 0.0345 e. The lowest BCUT2D eigenvalue weighted by molar-refractivity contribution is 0.679. The fourth-order valence-electron chi connectivity index (χ4n) is 1.84. The summed E-state index contributed by atoms with van der Waals surface area (Å²) >= 11 is 1.86. The maximum atomic E-state index is 3.19. The summed E-state index contributed by atoms with van der Waals surface area (Å²) in [5.74, 6) is 0. The molecule has 0 fully saturated rings. The van der Waals surface area contributed by atoms with Crippen molar-refractivity contribution in [2.24, 2.45) is 0 Å². The normalized spacial score (nSPS) is 11.0. The van der Waals surface area contributed by atoms with Crippen LogP contribution in [-0.4, -0.2) is 13.6 Å². The number of hydrogen-bond donors (Lipinski definition) is 1. The number of rotatable bonds is 5. The summed E-state index contributed by atoms with van der Waals surface area (Å²) < 4.78 is 1.42. The molecule has 0 spiro atoms. The lowest BCUT2D eigenvalue weighted by atomic mass is 10.1. The van der Waals surface area contributed by atoms with Crippen molar-refractivity contribution in [3.63, 3.8) is 0 Å². The van der Waals surface area contributed by atoms with Crippen LogP contribution >= 0.6 is 11.3 Å². The summed E-state index contributed by atoms with van der Waals surface area (Å²) in [5.41, 5.74) is 1.52. The van der Waals surface area contributed by atoms with Crippen LogP contribution in [0.5, 0.6) is 0 Å². The molecule has 0 radical (unpaired) electrons. The maximum absolute atomic E-state index is 3.19. The molecule has 1 aromatic carbocycles. The molecule has 0 aliphatic carbocycles. The van der Waals surface area contributed by atoms with E-state index in [9.17, 15) is 0 Å². The average Bonchev–Trinajstić information content (AvgIpc) is 2.68. The molecule has 0 unspecified atom stereocenters. The first kappa shape index (κ1) is 10.7. The first-order chi connectivity index (χ1) is 7.42. The molecule has 1 nitrogen and oxygen atoms in total. The third kappa shape index (κ3) is 2.58. The number of unbranched alkanes of at least 4 members (excludes halogenated alkanes) is 1. The molecule has 1 aromatic heterocycles. The Morgan fingerprint density at radius 2 is 2.07 bits per heavy atom. The van der Waals surface area contributed by atoms with E-state index < -0.39 is 0 Å². The molecule has 2 rings (SSSR count). The standard InChI is InChI=1S/C13H17NS/c1-14-9-5-4-6-11-10-15-13-8-3-2-7-12(11)13/h2-3,7-8,10,14H,4-6,9H2,1H3. The molecule has 0 bridgehead atoms. The van der Waals surface area contributed by atoms with E-state index in [2.05, 4.69) is 35.0 Å². The Morgan fingerprint density at radius 3 is 2.93 bits per heavy atom. The van der Waals surface area contributed by atoms with Gasteiger partial charge in [-0.25, -0.2) is 0 Å². The Balaban J connectivity index is 2.02. The summed E-state index contributed by atoms with van der Waals surface area (Å²) in [5, 5.41) is 6.95. The van der Waals surface area contributed by atoms with E-state index in [1.54, 1.807) is 0 Å². The number of thiophene rings is 1. The second kappa shape index (κ2) is 5.29. The highest BCUT2D eigenvalue weighted by atomic mass is 32.1. The van der Waals surface area contributed by atoms with Crippen molar-refractivity contribution in [3.8, 4) is 0 Å². The van der Waals surface area contributed by atoms with E-state index in [0.29, 0.717) is 0 Å². The first-order valence-corrected chi connectivity index (χ1v) is 6.39. The SMILES string of the molecule is CNCCCCc1csc2ccccc12. The molecule has 1 heterocycles. The van der Waals surface area contributed by atoms with Crippen LogP contribution in [0.15, 0.2) is 29.6 Å². The van der Waals surface area contributed by atoms with Gasteiger partial charge in [-0.15, -0.1) is 11.3 Å². The van der Waals surface area contributed by atoms with Crippen molar-refractivity contribution >= 4 is 21.4 Å². The van der Waals surface area contributed by atoms with Crippen molar-refractivity contribution in [3.05, 3.63) is 35.2 Å². The first-order valence-electron chi connectivity index (χ1n) is 5.51. The Hall–Kier alpha value is -0.860. The Bertz CT molecular complexity index is 419. The van der Waals surface area contributed by atoms with Crippen LogP contribution in [0.1, 0.15) is 18.4 Å². The number of fused-ring (bicyclic) bond motifs is 1. The fourth-order valence-corrected chi connectivity index (χ4v) is 2.84. The van der Waals surface area contributed by atoms with Gasteiger partial charge in [0.15, 0.2) is 0 Å². The van der Waals surface area contributed by atoms with E-state index in [0.717, 1.165) is 6.54 Å². The molecule has 0 saturated carbocycles. The Morgan fingerprint density at radius 1 is 1.20 bits per heavy atom. The van der Waals surface area contributed by atoms with Crippen molar-refractivity contribution in [2.45, 2.75) is 19.3 Å². The summed E-state index contributed by atoms with van der Waals surface area (Å²) in [4.78, 5) is 0. The van der Waals surface area contributed by atoms with Gasteiger partial charge in [0.1, 0.15) is 0 Å². The number of aryl methyl sites for hydroxylation is 1. The lowest BCUT2D eigenvalue weighted by Gasteiger charge is -2.00. The summed E-state index contributed by atoms with van der Waals surface area (Å²) in [6.07, 6.45) is 3.76. The molecule has 2 heteroatoms. The van der Waals surface area contributed by atoms with E-state index in [-0.39, 0.29) is 0 Å². The van der Waals surface area contributed by atoms with Crippen LogP contribution in [0.4, 0.5) is 0 Å². The van der Waals surface area contributed by atoms with Gasteiger partial charge in [-0.05, 0) is 55.3 Å². The highest BCUT2D eigenvalue weighted by Gasteiger charge is 2.02. The molecular weight excluding hydrogens is 202 g/mol. The zero-order chi connectivity index (χ0) is 10.5. The van der Waals surface area contributed by atoms with Crippen LogP contribution < -0.4 is 5.32 Å². The zero-order valence-corrected chi connectivity index (χ0v) is 9.94. The Kier molecular flexibility index (Phi) is 3.75. The number of nitrogens with one attached hydrogen (secondary N) is 1. The van der Waals surface area contributed by atoms with Gasteiger partial charge in [0.25, 0.3) is 0 Å². The highest BCUT2D eigenvalue weighted by molar-refractivity contribution is 7.17. The van der Waals surface area contributed by atoms with Crippen LogP contribution in [-0.2, 0) is 6.42 Å². The van der Waals surface area contributed by atoms with E-state index in [1.165, 1.54) is 34.9 Å². The number of benzene rings is 1. The van der Waals surface area contributed by atoms with Gasteiger partial charge in [0.2, 0.25) is 0 Å². The zero-order valence-electron chi connectivity index (χ0n) is 9.12. The molecule has 0 aliphatic heterocycles. The van der Waals surface area contributed by atoms with Gasteiger partial charge in [-0.3, -0.25) is 0 Å². The third-order valence-corrected chi connectivity index (χ3v) is 3.70. The third-order valence-electron chi connectivity index (χ3n) is 2.68. The summed E-state index contributed by atoms with van der Waals surface area (Å²) in [7, 11) is 2.01. The van der Waals surface area contributed by atoms with Gasteiger partial charge in [-0.2, -0.15) is 0 Å². The quantitative estimate of drug-likeness (QED) is 0.760. The molecular formula is C13H17NS. The van der Waals surface area contributed by atoms with Crippen molar-refractivity contribution in [1.82, 2.24) is 5.32 Å². The molecule has 1 N–H and O–H groups in total.